The van der Waals surface area contributed by atoms with Gasteiger partial charge in [0.2, 0.25) is 0 Å². The van der Waals surface area contributed by atoms with Gasteiger partial charge in [0.1, 0.15) is 18.1 Å². The molecule has 21 heavy (non-hydrogen) atoms. The monoisotopic (exact) mass is 281 g/mol. The van der Waals surface area contributed by atoms with Crippen molar-refractivity contribution in [2.45, 2.75) is 27.0 Å². The maximum absolute atomic E-state index is 10.1. The summed E-state index contributed by atoms with van der Waals surface area (Å²) >= 11 is 0. The van der Waals surface area contributed by atoms with Crippen LogP contribution in [0.15, 0.2) is 48.7 Å². The first-order valence-corrected chi connectivity index (χ1v) is 7.18. The van der Waals surface area contributed by atoms with Crippen molar-refractivity contribution in [3.05, 3.63) is 59.8 Å². The fourth-order valence-corrected chi connectivity index (χ4v) is 2.65. The molecule has 0 aliphatic heterocycles. The van der Waals surface area contributed by atoms with E-state index in [9.17, 15) is 5.11 Å². The molecule has 0 bridgehead atoms. The lowest BCUT2D eigenvalue weighted by molar-refractivity contribution is 0.307. The van der Waals surface area contributed by atoms with Gasteiger partial charge in [-0.05, 0) is 37.6 Å². The molecule has 0 aliphatic rings. The number of hydrogen-bond acceptors (Lipinski definition) is 2. The van der Waals surface area contributed by atoms with E-state index in [1.165, 1.54) is 5.56 Å². The van der Waals surface area contributed by atoms with Crippen LogP contribution in [0.1, 0.15) is 18.1 Å². The average Bonchev–Trinajstić information content (AvgIpc) is 2.85. The van der Waals surface area contributed by atoms with Crippen LogP contribution in [-0.4, -0.2) is 9.67 Å². The summed E-state index contributed by atoms with van der Waals surface area (Å²) in [4.78, 5) is 0. The third-order valence-electron chi connectivity index (χ3n) is 3.68. The zero-order valence-corrected chi connectivity index (χ0v) is 12.3. The van der Waals surface area contributed by atoms with Gasteiger partial charge in [-0.15, -0.1) is 0 Å². The molecule has 0 amide bonds. The lowest BCUT2D eigenvalue weighted by Gasteiger charge is -2.06. The number of phenols is 1. The Labute approximate surface area is 124 Å². The van der Waals surface area contributed by atoms with E-state index in [0.29, 0.717) is 12.4 Å². The molecule has 108 valence electrons. The number of aromatic hydroxyl groups is 1. The van der Waals surface area contributed by atoms with Gasteiger partial charge < -0.3 is 14.4 Å². The lowest BCUT2D eigenvalue weighted by Crippen LogP contribution is -1.95. The Hall–Kier alpha value is -2.42. The molecule has 3 heteroatoms. The van der Waals surface area contributed by atoms with Gasteiger partial charge in [-0.1, -0.05) is 24.3 Å². The number of ether oxygens (including phenoxy) is 1. The number of aryl methyl sites for hydroxylation is 2. The predicted octanol–water partition coefficient (Wildman–Crippen LogP) is 4.25. The SMILES string of the molecule is CCn1cc(COc2cccc(C)c2)c2cccc(O)c21. The second kappa shape index (κ2) is 5.52. The summed E-state index contributed by atoms with van der Waals surface area (Å²) in [7, 11) is 0. The van der Waals surface area contributed by atoms with Crippen LogP contribution in [0.4, 0.5) is 0 Å². The normalized spacial score (nSPS) is 11.0. The van der Waals surface area contributed by atoms with E-state index in [-0.39, 0.29) is 0 Å². The number of hydrogen-bond donors (Lipinski definition) is 1. The molecule has 3 nitrogen and oxygen atoms in total. The van der Waals surface area contributed by atoms with Crippen molar-refractivity contribution in [2.75, 3.05) is 0 Å². The van der Waals surface area contributed by atoms with Crippen LogP contribution in [0, 0.1) is 6.92 Å². The van der Waals surface area contributed by atoms with E-state index in [1.54, 1.807) is 6.07 Å². The van der Waals surface area contributed by atoms with Crippen molar-refractivity contribution in [2.24, 2.45) is 0 Å². The minimum atomic E-state index is 0.316. The molecule has 1 aromatic heterocycles. The van der Waals surface area contributed by atoms with E-state index < -0.39 is 0 Å². The van der Waals surface area contributed by atoms with E-state index in [4.69, 9.17) is 4.74 Å². The maximum atomic E-state index is 10.1. The van der Waals surface area contributed by atoms with Crippen LogP contribution in [0.3, 0.4) is 0 Å². The molecule has 0 fully saturated rings. The topological polar surface area (TPSA) is 34.4 Å². The second-order valence-electron chi connectivity index (χ2n) is 5.22. The van der Waals surface area contributed by atoms with E-state index >= 15 is 0 Å². The zero-order valence-electron chi connectivity index (χ0n) is 12.3. The minimum Gasteiger partial charge on any atom is -0.506 e. The standard InChI is InChI=1S/C18H19NO2/c1-3-19-11-14(16-8-5-9-17(20)18(16)19)12-21-15-7-4-6-13(2)10-15/h4-11,20H,3,12H2,1-2H3. The highest BCUT2D eigenvalue weighted by Gasteiger charge is 2.11. The molecule has 3 aromatic rings. The summed E-state index contributed by atoms with van der Waals surface area (Å²) in [5.74, 6) is 1.18. The van der Waals surface area contributed by atoms with Gasteiger partial charge in [0, 0.05) is 23.7 Å². The molecular weight excluding hydrogens is 262 g/mol. The third-order valence-corrected chi connectivity index (χ3v) is 3.68. The summed E-state index contributed by atoms with van der Waals surface area (Å²) in [6.07, 6.45) is 2.06. The molecule has 1 N–H and O–H groups in total. The molecule has 0 atom stereocenters. The van der Waals surface area contributed by atoms with Gasteiger partial charge in [-0.25, -0.2) is 0 Å². The first kappa shape index (κ1) is 13.6. The quantitative estimate of drug-likeness (QED) is 0.775. The maximum Gasteiger partial charge on any atom is 0.139 e. The average molecular weight is 281 g/mol. The summed E-state index contributed by atoms with van der Waals surface area (Å²) < 4.78 is 7.94. The van der Waals surface area contributed by atoms with E-state index in [0.717, 1.165) is 28.8 Å². The van der Waals surface area contributed by atoms with Crippen LogP contribution in [0.25, 0.3) is 10.9 Å². The van der Waals surface area contributed by atoms with Crippen LogP contribution < -0.4 is 4.74 Å². The van der Waals surface area contributed by atoms with Crippen LogP contribution in [0.2, 0.25) is 0 Å². The lowest BCUT2D eigenvalue weighted by atomic mass is 10.2. The number of para-hydroxylation sites is 1. The Bertz CT molecular complexity index is 774. The molecule has 0 spiro atoms. The van der Waals surface area contributed by atoms with Crippen LogP contribution in [0.5, 0.6) is 11.5 Å². The minimum absolute atomic E-state index is 0.316. The molecule has 1 heterocycles. The highest BCUT2D eigenvalue weighted by Crippen LogP contribution is 2.29. The molecule has 0 saturated heterocycles. The van der Waals surface area contributed by atoms with Crippen molar-refractivity contribution in [1.29, 1.82) is 0 Å². The molecule has 0 unspecified atom stereocenters. The fourth-order valence-electron chi connectivity index (χ4n) is 2.65. The van der Waals surface area contributed by atoms with Gasteiger partial charge >= 0.3 is 0 Å². The number of phenolic OH excluding ortho intramolecular Hbond substituents is 1. The Morgan fingerprint density at radius 2 is 1.95 bits per heavy atom. The van der Waals surface area contributed by atoms with Crippen molar-refractivity contribution in [3.63, 3.8) is 0 Å². The number of rotatable bonds is 4. The van der Waals surface area contributed by atoms with E-state index in [1.807, 2.05) is 43.3 Å². The van der Waals surface area contributed by atoms with Crippen LogP contribution in [-0.2, 0) is 13.2 Å². The number of aromatic nitrogens is 1. The smallest absolute Gasteiger partial charge is 0.139 e. The largest absolute Gasteiger partial charge is 0.506 e. The highest BCUT2D eigenvalue weighted by molar-refractivity contribution is 5.88. The predicted molar refractivity (Wildman–Crippen MR) is 84.8 cm³/mol. The fraction of sp³-hybridized carbons (Fsp3) is 0.222. The molecule has 0 aliphatic carbocycles. The number of nitrogens with zero attached hydrogens (tertiary/aromatic N) is 1. The van der Waals surface area contributed by atoms with Crippen molar-refractivity contribution in [1.82, 2.24) is 4.57 Å². The first-order valence-electron chi connectivity index (χ1n) is 7.18. The Kier molecular flexibility index (Phi) is 3.57. The van der Waals surface area contributed by atoms with Gasteiger partial charge in [-0.3, -0.25) is 0 Å². The summed E-state index contributed by atoms with van der Waals surface area (Å²) in [5.41, 5.74) is 3.15. The van der Waals surface area contributed by atoms with Gasteiger partial charge in [0.25, 0.3) is 0 Å². The number of fused-ring (bicyclic) bond motifs is 1. The second-order valence-corrected chi connectivity index (χ2v) is 5.22. The molecule has 0 saturated carbocycles. The van der Waals surface area contributed by atoms with Crippen molar-refractivity contribution >= 4 is 10.9 Å². The Morgan fingerprint density at radius 1 is 1.14 bits per heavy atom. The third kappa shape index (κ3) is 2.59. The molecule has 0 radical (unpaired) electrons. The molecule has 3 rings (SSSR count). The molecule has 2 aromatic carbocycles. The van der Waals surface area contributed by atoms with Crippen molar-refractivity contribution in [3.8, 4) is 11.5 Å². The number of benzene rings is 2. The highest BCUT2D eigenvalue weighted by atomic mass is 16.5. The van der Waals surface area contributed by atoms with Gasteiger partial charge in [-0.2, -0.15) is 0 Å². The summed E-state index contributed by atoms with van der Waals surface area (Å²) in [6.45, 7) is 5.43. The van der Waals surface area contributed by atoms with Gasteiger partial charge in [0.15, 0.2) is 0 Å². The summed E-state index contributed by atoms with van der Waals surface area (Å²) in [5, 5.41) is 11.1. The first-order chi connectivity index (χ1) is 10.2. The molecular formula is C18H19NO2. The Morgan fingerprint density at radius 3 is 2.71 bits per heavy atom. The van der Waals surface area contributed by atoms with E-state index in [2.05, 4.69) is 17.7 Å². The van der Waals surface area contributed by atoms with Gasteiger partial charge in [0.05, 0.1) is 5.52 Å². The summed E-state index contributed by atoms with van der Waals surface area (Å²) in [6, 6.07) is 13.6. The van der Waals surface area contributed by atoms with Crippen molar-refractivity contribution < 1.29 is 9.84 Å². The van der Waals surface area contributed by atoms with Crippen LogP contribution >= 0.6 is 0 Å². The Balaban J connectivity index is 1.92. The zero-order chi connectivity index (χ0) is 14.8.